The summed E-state index contributed by atoms with van der Waals surface area (Å²) >= 11 is 0. The molecule has 1 fully saturated rings. The number of rotatable bonds is 4. The van der Waals surface area contributed by atoms with E-state index >= 15 is 0 Å². The minimum Gasteiger partial charge on any atom is -0.346 e. The fourth-order valence-electron chi connectivity index (χ4n) is 4.05. The van der Waals surface area contributed by atoms with Gasteiger partial charge in [-0.25, -0.2) is 0 Å². The maximum absolute atomic E-state index is 2.53. The standard InChI is InChI=1S/C26H30N2/c1-19(2)22-9-11-23(12-10-22)26-27(24-13-5-20(3)6-14-24)17-18-28(26)25-15-7-21(4)8-16-25/h5-16,19,26H,17-18H2,1-4H3. The van der Waals surface area contributed by atoms with Crippen molar-refractivity contribution in [2.24, 2.45) is 0 Å². The fourth-order valence-corrected chi connectivity index (χ4v) is 4.05. The van der Waals surface area contributed by atoms with Crippen LogP contribution < -0.4 is 9.80 Å². The van der Waals surface area contributed by atoms with Crippen molar-refractivity contribution in [1.82, 2.24) is 0 Å². The summed E-state index contributed by atoms with van der Waals surface area (Å²) in [5.41, 5.74) is 7.93. The van der Waals surface area contributed by atoms with Gasteiger partial charge in [0.25, 0.3) is 0 Å². The molecule has 144 valence electrons. The first-order valence-corrected chi connectivity index (χ1v) is 10.3. The molecule has 3 aromatic rings. The second kappa shape index (κ2) is 7.71. The Morgan fingerprint density at radius 2 is 1.07 bits per heavy atom. The largest absolute Gasteiger partial charge is 0.346 e. The maximum Gasteiger partial charge on any atom is 0.128 e. The zero-order chi connectivity index (χ0) is 19.7. The van der Waals surface area contributed by atoms with E-state index in [-0.39, 0.29) is 6.17 Å². The molecule has 1 aliphatic heterocycles. The van der Waals surface area contributed by atoms with Gasteiger partial charge in [0.05, 0.1) is 0 Å². The number of nitrogens with zero attached hydrogens (tertiary/aromatic N) is 2. The Morgan fingerprint density at radius 1 is 0.643 bits per heavy atom. The molecule has 4 rings (SSSR count). The summed E-state index contributed by atoms with van der Waals surface area (Å²) in [4.78, 5) is 5.06. The molecule has 0 bridgehead atoms. The Hall–Kier alpha value is -2.74. The second-order valence-electron chi connectivity index (χ2n) is 8.25. The van der Waals surface area contributed by atoms with Crippen molar-refractivity contribution in [2.75, 3.05) is 22.9 Å². The van der Waals surface area contributed by atoms with Crippen LogP contribution in [-0.2, 0) is 0 Å². The smallest absolute Gasteiger partial charge is 0.128 e. The monoisotopic (exact) mass is 370 g/mol. The molecule has 0 aromatic heterocycles. The van der Waals surface area contributed by atoms with Crippen LogP contribution in [-0.4, -0.2) is 13.1 Å². The summed E-state index contributed by atoms with van der Waals surface area (Å²) < 4.78 is 0. The van der Waals surface area contributed by atoms with Gasteiger partial charge in [0.1, 0.15) is 6.17 Å². The zero-order valence-corrected chi connectivity index (χ0v) is 17.4. The zero-order valence-electron chi connectivity index (χ0n) is 17.4. The molecule has 1 saturated heterocycles. The van der Waals surface area contributed by atoms with Gasteiger partial charge in [-0.3, -0.25) is 0 Å². The first-order chi connectivity index (χ1) is 13.5. The van der Waals surface area contributed by atoms with Gasteiger partial charge < -0.3 is 9.80 Å². The Balaban J connectivity index is 1.74. The number of hydrogen-bond donors (Lipinski definition) is 0. The molecular formula is C26H30N2. The summed E-state index contributed by atoms with van der Waals surface area (Å²) in [7, 11) is 0. The molecule has 0 saturated carbocycles. The van der Waals surface area contributed by atoms with Gasteiger partial charge in [-0.1, -0.05) is 73.5 Å². The van der Waals surface area contributed by atoms with E-state index in [1.165, 1.54) is 33.6 Å². The average molecular weight is 371 g/mol. The van der Waals surface area contributed by atoms with E-state index in [0.717, 1.165) is 13.1 Å². The SMILES string of the molecule is Cc1ccc(N2CCN(c3ccc(C)cc3)C2c2ccc(C(C)C)cc2)cc1. The second-order valence-corrected chi connectivity index (χ2v) is 8.25. The van der Waals surface area contributed by atoms with Crippen molar-refractivity contribution in [2.45, 2.75) is 39.8 Å². The van der Waals surface area contributed by atoms with Crippen LogP contribution in [0.15, 0.2) is 72.8 Å². The third kappa shape index (κ3) is 3.64. The quantitative estimate of drug-likeness (QED) is 0.520. The summed E-state index contributed by atoms with van der Waals surface area (Å²) in [6, 6.07) is 27.1. The van der Waals surface area contributed by atoms with Gasteiger partial charge >= 0.3 is 0 Å². The Bertz CT molecular complexity index is 855. The number of hydrogen-bond acceptors (Lipinski definition) is 2. The average Bonchev–Trinajstić information content (AvgIpc) is 3.14. The highest BCUT2D eigenvalue weighted by atomic mass is 15.4. The molecule has 0 atom stereocenters. The highest BCUT2D eigenvalue weighted by Gasteiger charge is 2.33. The van der Waals surface area contributed by atoms with E-state index in [1.807, 2.05) is 0 Å². The van der Waals surface area contributed by atoms with Crippen molar-refractivity contribution in [3.8, 4) is 0 Å². The van der Waals surface area contributed by atoms with Gasteiger partial charge in [0.2, 0.25) is 0 Å². The summed E-state index contributed by atoms with van der Waals surface area (Å²) in [6.45, 7) is 10.8. The molecule has 0 spiro atoms. The van der Waals surface area contributed by atoms with E-state index in [2.05, 4.69) is 110 Å². The van der Waals surface area contributed by atoms with E-state index in [9.17, 15) is 0 Å². The van der Waals surface area contributed by atoms with Crippen LogP contribution in [0.2, 0.25) is 0 Å². The molecule has 1 heterocycles. The van der Waals surface area contributed by atoms with Crippen molar-refractivity contribution in [3.05, 3.63) is 95.1 Å². The lowest BCUT2D eigenvalue weighted by molar-refractivity contribution is 0.716. The van der Waals surface area contributed by atoms with Crippen molar-refractivity contribution in [1.29, 1.82) is 0 Å². The number of benzene rings is 3. The van der Waals surface area contributed by atoms with Crippen LogP contribution in [0.25, 0.3) is 0 Å². The lowest BCUT2D eigenvalue weighted by atomic mass is 10.0. The van der Waals surface area contributed by atoms with Gasteiger partial charge in [-0.2, -0.15) is 0 Å². The molecule has 0 aliphatic carbocycles. The lowest BCUT2D eigenvalue weighted by Crippen LogP contribution is -2.31. The van der Waals surface area contributed by atoms with E-state index in [4.69, 9.17) is 0 Å². The fraction of sp³-hybridized carbons (Fsp3) is 0.308. The molecule has 3 aromatic carbocycles. The third-order valence-corrected chi connectivity index (χ3v) is 5.80. The third-order valence-electron chi connectivity index (χ3n) is 5.80. The maximum atomic E-state index is 2.53. The highest BCUT2D eigenvalue weighted by molar-refractivity contribution is 5.59. The molecule has 0 N–H and O–H groups in total. The van der Waals surface area contributed by atoms with Crippen LogP contribution in [0, 0.1) is 13.8 Å². The van der Waals surface area contributed by atoms with Crippen LogP contribution in [0.1, 0.15) is 48.2 Å². The van der Waals surface area contributed by atoms with E-state index in [1.54, 1.807) is 0 Å². The van der Waals surface area contributed by atoms with Gasteiger partial charge in [-0.05, 0) is 55.2 Å². The topological polar surface area (TPSA) is 6.48 Å². The predicted octanol–water partition coefficient (Wildman–Crippen LogP) is 6.45. The molecule has 28 heavy (non-hydrogen) atoms. The number of aryl methyl sites for hydroxylation is 2. The van der Waals surface area contributed by atoms with Crippen LogP contribution in [0.3, 0.4) is 0 Å². The highest BCUT2D eigenvalue weighted by Crippen LogP contribution is 2.38. The van der Waals surface area contributed by atoms with E-state index < -0.39 is 0 Å². The minimum atomic E-state index is 0.214. The van der Waals surface area contributed by atoms with Gasteiger partial charge in [-0.15, -0.1) is 0 Å². The summed E-state index contributed by atoms with van der Waals surface area (Å²) in [6.07, 6.45) is 0.214. The van der Waals surface area contributed by atoms with Gasteiger partial charge in [0.15, 0.2) is 0 Å². The van der Waals surface area contributed by atoms with Crippen LogP contribution in [0.4, 0.5) is 11.4 Å². The molecule has 2 heteroatoms. The summed E-state index contributed by atoms with van der Waals surface area (Å²) in [5, 5.41) is 0. The van der Waals surface area contributed by atoms with Crippen LogP contribution in [0.5, 0.6) is 0 Å². The summed E-state index contributed by atoms with van der Waals surface area (Å²) in [5.74, 6) is 0.555. The number of anilines is 2. The first-order valence-electron chi connectivity index (χ1n) is 10.3. The predicted molar refractivity (Wildman–Crippen MR) is 120 cm³/mol. The van der Waals surface area contributed by atoms with Crippen molar-refractivity contribution < 1.29 is 0 Å². The molecule has 0 radical (unpaired) electrons. The molecule has 0 unspecified atom stereocenters. The Morgan fingerprint density at radius 3 is 1.46 bits per heavy atom. The van der Waals surface area contributed by atoms with E-state index in [0.29, 0.717) is 5.92 Å². The van der Waals surface area contributed by atoms with Crippen LogP contribution >= 0.6 is 0 Å². The molecule has 2 nitrogen and oxygen atoms in total. The Labute approximate surface area is 169 Å². The normalized spacial score (nSPS) is 14.9. The lowest BCUT2D eigenvalue weighted by Gasteiger charge is -2.33. The van der Waals surface area contributed by atoms with Crippen molar-refractivity contribution in [3.63, 3.8) is 0 Å². The van der Waals surface area contributed by atoms with Crippen molar-refractivity contribution >= 4 is 11.4 Å². The molecular weight excluding hydrogens is 340 g/mol. The Kier molecular flexibility index (Phi) is 5.13. The molecule has 0 amide bonds. The first kappa shape index (κ1) is 18.6. The van der Waals surface area contributed by atoms with Gasteiger partial charge in [0, 0.05) is 24.5 Å². The molecule has 1 aliphatic rings. The minimum absolute atomic E-state index is 0.214.